The standard InChI is InChI=1S/C22H25N3O2S2/c1-14(2)13-25-21(27)18(29-22(25)28)12-16-19(24-10-6-7-11-24)15-8-4-5-9-17(15)23(3)20(16)26/h4-5,8-9,12,14H,6-7,10-11,13H2,1-3H3. The number of hydrogen-bond acceptors (Lipinski definition) is 5. The van der Waals surface area contributed by atoms with E-state index < -0.39 is 0 Å². The Morgan fingerprint density at radius 3 is 2.55 bits per heavy atom. The summed E-state index contributed by atoms with van der Waals surface area (Å²) in [7, 11) is 1.79. The van der Waals surface area contributed by atoms with E-state index in [9.17, 15) is 9.59 Å². The number of rotatable bonds is 4. The second-order valence-electron chi connectivity index (χ2n) is 8.02. The molecule has 2 aliphatic heterocycles. The number of pyridine rings is 1. The highest BCUT2D eigenvalue weighted by Gasteiger charge is 2.33. The Kier molecular flexibility index (Phi) is 5.53. The van der Waals surface area contributed by atoms with E-state index in [1.807, 2.05) is 18.2 Å². The minimum Gasteiger partial charge on any atom is -0.370 e. The van der Waals surface area contributed by atoms with Gasteiger partial charge >= 0.3 is 0 Å². The van der Waals surface area contributed by atoms with Gasteiger partial charge < -0.3 is 9.47 Å². The number of fused-ring (bicyclic) bond motifs is 1. The topological polar surface area (TPSA) is 45.6 Å². The zero-order chi connectivity index (χ0) is 20.7. The first-order valence-electron chi connectivity index (χ1n) is 10.0. The molecule has 1 amide bonds. The number of aromatic nitrogens is 1. The largest absolute Gasteiger partial charge is 0.370 e. The summed E-state index contributed by atoms with van der Waals surface area (Å²) in [6.45, 7) is 6.56. The highest BCUT2D eigenvalue weighted by atomic mass is 32.2. The summed E-state index contributed by atoms with van der Waals surface area (Å²) in [6, 6.07) is 7.98. The number of carbonyl (C=O) groups excluding carboxylic acids is 1. The quantitative estimate of drug-likeness (QED) is 0.545. The van der Waals surface area contributed by atoms with Gasteiger partial charge in [0.15, 0.2) is 0 Å². The third-order valence-electron chi connectivity index (χ3n) is 5.43. The summed E-state index contributed by atoms with van der Waals surface area (Å²) < 4.78 is 2.24. The van der Waals surface area contributed by atoms with Crippen LogP contribution in [-0.2, 0) is 11.8 Å². The summed E-state index contributed by atoms with van der Waals surface area (Å²) >= 11 is 6.73. The van der Waals surface area contributed by atoms with Crippen LogP contribution in [0.5, 0.6) is 0 Å². The summed E-state index contributed by atoms with van der Waals surface area (Å²) in [5.74, 6) is 0.224. The molecule has 5 nitrogen and oxygen atoms in total. The first kappa shape index (κ1) is 20.2. The van der Waals surface area contributed by atoms with Crippen molar-refractivity contribution >= 4 is 56.9 Å². The van der Waals surface area contributed by atoms with Crippen LogP contribution in [0.4, 0.5) is 5.69 Å². The molecule has 7 heteroatoms. The van der Waals surface area contributed by atoms with Crippen molar-refractivity contribution in [1.29, 1.82) is 0 Å². The number of thioether (sulfide) groups is 1. The molecule has 29 heavy (non-hydrogen) atoms. The smallest absolute Gasteiger partial charge is 0.266 e. The van der Waals surface area contributed by atoms with Gasteiger partial charge in [0, 0.05) is 32.1 Å². The second-order valence-corrected chi connectivity index (χ2v) is 9.70. The van der Waals surface area contributed by atoms with Gasteiger partial charge in [-0.15, -0.1) is 0 Å². The lowest BCUT2D eigenvalue weighted by Crippen LogP contribution is -2.31. The SMILES string of the molecule is CC(C)CN1C(=O)C(=Cc2c(N3CCCC3)c3ccccc3n(C)c2=O)SC1=S. The van der Waals surface area contributed by atoms with Crippen molar-refractivity contribution < 1.29 is 4.79 Å². The van der Waals surface area contributed by atoms with Crippen molar-refractivity contribution in [3.8, 4) is 0 Å². The van der Waals surface area contributed by atoms with Crippen LogP contribution in [0.15, 0.2) is 34.0 Å². The van der Waals surface area contributed by atoms with Gasteiger partial charge in [-0.1, -0.05) is 56.0 Å². The molecule has 0 aliphatic carbocycles. The zero-order valence-corrected chi connectivity index (χ0v) is 18.6. The molecule has 0 radical (unpaired) electrons. The summed E-state index contributed by atoms with van der Waals surface area (Å²) in [5, 5.41) is 1.04. The summed E-state index contributed by atoms with van der Waals surface area (Å²) in [6.07, 6.45) is 3.99. The Hall–Kier alpha value is -2.12. The van der Waals surface area contributed by atoms with Gasteiger partial charge in [0.05, 0.1) is 21.7 Å². The van der Waals surface area contributed by atoms with Gasteiger partial charge in [0.2, 0.25) is 0 Å². The van der Waals surface area contributed by atoms with Crippen molar-refractivity contribution in [2.45, 2.75) is 26.7 Å². The zero-order valence-electron chi connectivity index (χ0n) is 17.0. The first-order valence-corrected chi connectivity index (χ1v) is 11.2. The molecule has 2 fully saturated rings. The van der Waals surface area contributed by atoms with Crippen LogP contribution in [0.25, 0.3) is 17.0 Å². The predicted octanol–water partition coefficient (Wildman–Crippen LogP) is 4.00. The van der Waals surface area contributed by atoms with Gasteiger partial charge in [-0.25, -0.2) is 0 Å². The van der Waals surface area contributed by atoms with E-state index in [4.69, 9.17) is 12.2 Å². The molecule has 0 bridgehead atoms. The second kappa shape index (κ2) is 7.95. The number of para-hydroxylation sites is 1. The average Bonchev–Trinajstić information content (AvgIpc) is 3.30. The number of hydrogen-bond donors (Lipinski definition) is 0. The molecule has 0 atom stereocenters. The minimum absolute atomic E-state index is 0.0836. The predicted molar refractivity (Wildman–Crippen MR) is 125 cm³/mol. The fourth-order valence-corrected chi connectivity index (χ4v) is 5.32. The summed E-state index contributed by atoms with van der Waals surface area (Å²) in [5.41, 5.74) is 2.34. The van der Waals surface area contributed by atoms with Crippen molar-refractivity contribution in [3.05, 3.63) is 45.1 Å². The Balaban J connectivity index is 1.90. The monoisotopic (exact) mass is 427 g/mol. The molecule has 0 saturated carbocycles. The highest BCUT2D eigenvalue weighted by Crippen LogP contribution is 2.37. The van der Waals surface area contributed by atoms with Crippen molar-refractivity contribution in [3.63, 3.8) is 0 Å². The molecule has 3 heterocycles. The maximum atomic E-state index is 13.3. The maximum absolute atomic E-state index is 13.3. The van der Waals surface area contributed by atoms with Crippen molar-refractivity contribution in [1.82, 2.24) is 9.47 Å². The Labute approximate surface area is 180 Å². The Morgan fingerprint density at radius 2 is 1.86 bits per heavy atom. The number of amides is 1. The van der Waals surface area contributed by atoms with Crippen LogP contribution in [-0.4, -0.2) is 39.3 Å². The molecule has 1 aromatic carbocycles. The minimum atomic E-state index is -0.101. The van der Waals surface area contributed by atoms with Gasteiger partial charge in [-0.2, -0.15) is 0 Å². The van der Waals surface area contributed by atoms with E-state index in [1.54, 1.807) is 22.6 Å². The van der Waals surface area contributed by atoms with Gasteiger partial charge in [0.1, 0.15) is 4.32 Å². The maximum Gasteiger partial charge on any atom is 0.266 e. The third-order valence-corrected chi connectivity index (χ3v) is 6.81. The fourth-order valence-electron chi connectivity index (χ4n) is 4.07. The van der Waals surface area contributed by atoms with E-state index in [2.05, 4.69) is 24.8 Å². The molecule has 0 N–H and O–H groups in total. The van der Waals surface area contributed by atoms with Crippen LogP contribution in [0, 0.1) is 5.92 Å². The molecular weight excluding hydrogens is 402 g/mol. The van der Waals surface area contributed by atoms with Gasteiger partial charge in [-0.3, -0.25) is 14.5 Å². The molecule has 2 aromatic rings. The molecule has 4 rings (SSSR count). The van der Waals surface area contributed by atoms with E-state index in [1.165, 1.54) is 11.8 Å². The number of anilines is 1. The van der Waals surface area contributed by atoms with E-state index in [0.29, 0.717) is 27.3 Å². The molecule has 0 unspecified atom stereocenters. The van der Waals surface area contributed by atoms with E-state index >= 15 is 0 Å². The molecular formula is C22H25N3O2S2. The highest BCUT2D eigenvalue weighted by molar-refractivity contribution is 8.26. The third kappa shape index (κ3) is 3.62. The average molecular weight is 428 g/mol. The van der Waals surface area contributed by atoms with Gasteiger partial charge in [0.25, 0.3) is 11.5 Å². The molecule has 2 aliphatic rings. The van der Waals surface area contributed by atoms with Crippen LogP contribution >= 0.6 is 24.0 Å². The molecule has 2 saturated heterocycles. The lowest BCUT2D eigenvalue weighted by molar-refractivity contribution is -0.122. The van der Waals surface area contributed by atoms with E-state index in [0.717, 1.165) is 42.5 Å². The molecule has 1 aromatic heterocycles. The molecule has 0 spiro atoms. The van der Waals surface area contributed by atoms with Crippen LogP contribution in [0.1, 0.15) is 32.3 Å². The molecule has 152 valence electrons. The number of nitrogens with zero attached hydrogens (tertiary/aromatic N) is 3. The lowest BCUT2D eigenvalue weighted by atomic mass is 10.1. The lowest BCUT2D eigenvalue weighted by Gasteiger charge is -2.23. The first-order chi connectivity index (χ1) is 13.9. The van der Waals surface area contributed by atoms with Crippen LogP contribution in [0.2, 0.25) is 0 Å². The Bertz CT molecular complexity index is 1080. The van der Waals surface area contributed by atoms with Gasteiger partial charge in [-0.05, 0) is 30.9 Å². The van der Waals surface area contributed by atoms with Crippen LogP contribution in [0.3, 0.4) is 0 Å². The summed E-state index contributed by atoms with van der Waals surface area (Å²) in [4.78, 5) is 30.8. The normalized spacial score (nSPS) is 18.8. The number of thiocarbonyl (C=S) groups is 1. The fraction of sp³-hybridized carbons (Fsp3) is 0.409. The van der Waals surface area contributed by atoms with E-state index in [-0.39, 0.29) is 11.5 Å². The van der Waals surface area contributed by atoms with Crippen LogP contribution < -0.4 is 10.5 Å². The number of carbonyl (C=O) groups is 1. The van der Waals surface area contributed by atoms with Crippen molar-refractivity contribution in [2.75, 3.05) is 24.5 Å². The van der Waals surface area contributed by atoms with Crippen molar-refractivity contribution in [2.24, 2.45) is 13.0 Å². The Morgan fingerprint density at radius 1 is 1.17 bits per heavy atom. The number of benzene rings is 1. The number of aryl methyl sites for hydroxylation is 1.